The lowest BCUT2D eigenvalue weighted by atomic mass is 9.46. The number of allylic oxidation sites excluding steroid dienone is 4. The Hall–Kier alpha value is -1.40. The minimum absolute atomic E-state index is 0.0517. The molecule has 6 heteroatoms. The summed E-state index contributed by atoms with van der Waals surface area (Å²) in [6, 6.07) is 0. The Kier molecular flexibility index (Phi) is 4.24. The van der Waals surface area contributed by atoms with Crippen molar-refractivity contribution >= 4 is 11.6 Å². The Bertz CT molecular complexity index is 772. The van der Waals surface area contributed by atoms with Crippen LogP contribution in [0, 0.1) is 34.5 Å². The van der Waals surface area contributed by atoms with Crippen LogP contribution in [-0.4, -0.2) is 34.5 Å². The van der Waals surface area contributed by atoms with E-state index < -0.39 is 46.9 Å². The maximum Gasteiger partial charge on any atom is 0.216 e. The number of Topliss-reactive ketones (excluding diaryl/α,β-unsaturated/α-hetero) is 1. The van der Waals surface area contributed by atoms with Crippen LogP contribution in [0.3, 0.4) is 0 Å². The summed E-state index contributed by atoms with van der Waals surface area (Å²) in [5.74, 6) is -4.29. The normalized spacial score (nSPS) is 46.5. The molecule has 4 aliphatic carbocycles. The van der Waals surface area contributed by atoms with Gasteiger partial charge in [0.2, 0.25) is 11.6 Å². The van der Waals surface area contributed by atoms with E-state index in [9.17, 15) is 24.2 Å². The highest BCUT2D eigenvalue weighted by atomic mass is 19.2. The highest BCUT2D eigenvalue weighted by Gasteiger charge is 2.64. The van der Waals surface area contributed by atoms with Crippen molar-refractivity contribution in [3.8, 4) is 0 Å². The molecular weight excluding hydrogens is 354 g/mol. The van der Waals surface area contributed by atoms with Crippen LogP contribution in [0.2, 0.25) is 0 Å². The largest absolute Gasteiger partial charge is 0.393 e. The van der Waals surface area contributed by atoms with E-state index in [1.165, 1.54) is 6.08 Å². The van der Waals surface area contributed by atoms with Crippen LogP contribution in [0.25, 0.3) is 0 Å². The Morgan fingerprint density at radius 2 is 1.96 bits per heavy atom. The maximum atomic E-state index is 15.0. The van der Waals surface area contributed by atoms with Crippen molar-refractivity contribution in [2.75, 3.05) is 6.61 Å². The zero-order valence-electron chi connectivity index (χ0n) is 15.7. The van der Waals surface area contributed by atoms with Crippen LogP contribution < -0.4 is 0 Å². The number of aliphatic hydroxyl groups is 2. The average molecular weight is 380 g/mol. The molecule has 0 amide bonds. The second-order valence-corrected chi connectivity index (χ2v) is 9.23. The number of carbonyl (C=O) groups is 2. The molecule has 3 saturated carbocycles. The molecule has 0 spiro atoms. The molecule has 2 N–H and O–H groups in total. The summed E-state index contributed by atoms with van der Waals surface area (Å²) in [5, 5.41) is 20.4. The summed E-state index contributed by atoms with van der Waals surface area (Å²) in [7, 11) is 0. The van der Waals surface area contributed by atoms with Gasteiger partial charge in [0, 0.05) is 17.3 Å². The first-order valence-corrected chi connectivity index (χ1v) is 9.79. The van der Waals surface area contributed by atoms with Gasteiger partial charge in [-0.05, 0) is 62.4 Å². The van der Waals surface area contributed by atoms with Gasteiger partial charge in [-0.25, -0.2) is 4.39 Å². The minimum atomic E-state index is -1.35. The SMILES string of the molecule is C[C@@]12C(=CC(=O)C(F)=C1F)CC[C@@H]1[C@@H]2C(O)C[C@]2(C)[C@@H](C(=O)CO)CC[C@@H]12. The number of carbonyl (C=O) groups excluding carboxylic acids is 2. The van der Waals surface area contributed by atoms with Gasteiger partial charge in [0.1, 0.15) is 12.4 Å². The Morgan fingerprint density at radius 1 is 1.26 bits per heavy atom. The van der Waals surface area contributed by atoms with Gasteiger partial charge in [0.25, 0.3) is 0 Å². The standard InChI is InChI=1S/C21H26F2O4/c1-20-8-15(26)17-11(12(20)5-6-13(20)16(27)9-24)4-3-10-7-14(25)18(22)19(23)21(10,17)2/h7,11-13,15,17,24,26H,3-6,8-9H2,1-2H3/t11-,12-,13+,15?,17+,20-,21-/m0/s1. The smallest absolute Gasteiger partial charge is 0.216 e. The number of rotatable bonds is 2. The predicted molar refractivity (Wildman–Crippen MR) is 93.7 cm³/mol. The van der Waals surface area contributed by atoms with Gasteiger partial charge < -0.3 is 10.2 Å². The quantitative estimate of drug-likeness (QED) is 0.772. The molecule has 4 rings (SSSR count). The van der Waals surface area contributed by atoms with Crippen molar-refractivity contribution in [3.63, 3.8) is 0 Å². The number of ketones is 2. The number of fused-ring (bicyclic) bond motifs is 5. The van der Waals surface area contributed by atoms with Gasteiger partial charge in [0.05, 0.1) is 6.10 Å². The molecule has 0 bridgehead atoms. The summed E-state index contributed by atoms with van der Waals surface area (Å²) in [6.45, 7) is 3.09. The fourth-order valence-corrected chi connectivity index (χ4v) is 7.07. The summed E-state index contributed by atoms with van der Waals surface area (Å²) in [5.41, 5.74) is -1.18. The lowest BCUT2D eigenvalue weighted by Gasteiger charge is -2.58. The Labute approximate surface area is 157 Å². The van der Waals surface area contributed by atoms with Crippen molar-refractivity contribution in [2.45, 2.75) is 52.1 Å². The lowest BCUT2D eigenvalue weighted by molar-refractivity contribution is -0.143. The minimum Gasteiger partial charge on any atom is -0.393 e. The molecule has 0 aromatic rings. The molecule has 148 valence electrons. The van der Waals surface area contributed by atoms with Crippen LogP contribution in [0.1, 0.15) is 46.0 Å². The summed E-state index contributed by atoms with van der Waals surface area (Å²) >= 11 is 0. The van der Waals surface area contributed by atoms with E-state index >= 15 is 4.39 Å². The zero-order chi connectivity index (χ0) is 19.7. The predicted octanol–water partition coefficient (Wildman–Crippen LogP) is 3.04. The van der Waals surface area contributed by atoms with E-state index in [-0.39, 0.29) is 23.5 Å². The first-order chi connectivity index (χ1) is 12.7. The second-order valence-electron chi connectivity index (χ2n) is 9.23. The van der Waals surface area contributed by atoms with Crippen LogP contribution in [-0.2, 0) is 9.59 Å². The van der Waals surface area contributed by atoms with Gasteiger partial charge in [-0.2, -0.15) is 4.39 Å². The molecular formula is C21H26F2O4. The van der Waals surface area contributed by atoms with Gasteiger partial charge >= 0.3 is 0 Å². The first kappa shape index (κ1) is 18.9. The van der Waals surface area contributed by atoms with E-state index in [1.807, 2.05) is 6.92 Å². The van der Waals surface area contributed by atoms with E-state index in [2.05, 4.69) is 0 Å². The molecule has 3 fully saturated rings. The number of hydrogen-bond donors (Lipinski definition) is 2. The third-order valence-electron chi connectivity index (χ3n) is 8.25. The molecule has 4 nitrogen and oxygen atoms in total. The van der Waals surface area contributed by atoms with Crippen LogP contribution in [0.5, 0.6) is 0 Å². The number of halogens is 2. The van der Waals surface area contributed by atoms with E-state index in [0.29, 0.717) is 31.3 Å². The molecule has 0 saturated heterocycles. The molecule has 0 heterocycles. The topological polar surface area (TPSA) is 74.6 Å². The maximum absolute atomic E-state index is 15.0. The summed E-state index contributed by atoms with van der Waals surface area (Å²) in [4.78, 5) is 24.0. The van der Waals surface area contributed by atoms with Gasteiger partial charge in [-0.1, -0.05) is 12.5 Å². The van der Waals surface area contributed by atoms with Crippen LogP contribution in [0.4, 0.5) is 8.78 Å². The molecule has 0 aromatic heterocycles. The lowest BCUT2D eigenvalue weighted by Crippen LogP contribution is -2.57. The van der Waals surface area contributed by atoms with E-state index in [4.69, 9.17) is 0 Å². The molecule has 0 aliphatic heterocycles. The molecule has 0 radical (unpaired) electrons. The van der Waals surface area contributed by atoms with E-state index in [0.717, 1.165) is 6.42 Å². The van der Waals surface area contributed by atoms with E-state index in [1.54, 1.807) is 6.92 Å². The first-order valence-electron chi connectivity index (χ1n) is 9.79. The molecule has 7 atom stereocenters. The van der Waals surface area contributed by atoms with Crippen molar-refractivity contribution < 1.29 is 28.6 Å². The monoisotopic (exact) mass is 380 g/mol. The molecule has 0 aromatic carbocycles. The van der Waals surface area contributed by atoms with Gasteiger partial charge in [0.15, 0.2) is 5.78 Å². The molecule has 4 aliphatic rings. The highest BCUT2D eigenvalue weighted by Crippen LogP contribution is 2.67. The Morgan fingerprint density at radius 3 is 2.63 bits per heavy atom. The average Bonchev–Trinajstić information content (AvgIpc) is 2.97. The molecule has 1 unspecified atom stereocenters. The van der Waals surface area contributed by atoms with Gasteiger partial charge in [-0.3, -0.25) is 9.59 Å². The van der Waals surface area contributed by atoms with Crippen molar-refractivity contribution in [1.82, 2.24) is 0 Å². The third kappa shape index (κ3) is 2.32. The highest BCUT2D eigenvalue weighted by molar-refractivity contribution is 6.04. The fraction of sp³-hybridized carbons (Fsp3) is 0.714. The summed E-state index contributed by atoms with van der Waals surface area (Å²) in [6.07, 6.45) is 3.24. The van der Waals surface area contributed by atoms with Gasteiger partial charge in [-0.15, -0.1) is 0 Å². The van der Waals surface area contributed by atoms with Crippen LogP contribution in [0.15, 0.2) is 23.3 Å². The fourth-order valence-electron chi connectivity index (χ4n) is 7.07. The van der Waals surface area contributed by atoms with Crippen molar-refractivity contribution in [1.29, 1.82) is 0 Å². The molecule has 27 heavy (non-hydrogen) atoms. The zero-order valence-corrected chi connectivity index (χ0v) is 15.7. The summed E-state index contributed by atoms with van der Waals surface area (Å²) < 4.78 is 29.2. The van der Waals surface area contributed by atoms with Crippen molar-refractivity contribution in [3.05, 3.63) is 23.3 Å². The van der Waals surface area contributed by atoms with Crippen LogP contribution >= 0.6 is 0 Å². The third-order valence-corrected chi connectivity index (χ3v) is 8.25. The second kappa shape index (κ2) is 6.05. The number of aliphatic hydroxyl groups excluding tert-OH is 2. The Balaban J connectivity index is 1.77. The van der Waals surface area contributed by atoms with Crippen molar-refractivity contribution in [2.24, 2.45) is 34.5 Å². The number of hydrogen-bond acceptors (Lipinski definition) is 4.